The van der Waals surface area contributed by atoms with Crippen LogP contribution in [-0.4, -0.2) is 29.3 Å². The van der Waals surface area contributed by atoms with Crippen LogP contribution in [0, 0.1) is 5.92 Å². The summed E-state index contributed by atoms with van der Waals surface area (Å²) in [6, 6.07) is 8.88. The lowest BCUT2D eigenvalue weighted by Crippen LogP contribution is -2.41. The van der Waals surface area contributed by atoms with Gasteiger partial charge in [-0.25, -0.2) is 0 Å². The van der Waals surface area contributed by atoms with E-state index in [1.165, 1.54) is 31.2 Å². The highest BCUT2D eigenvalue weighted by molar-refractivity contribution is 5.99. The van der Waals surface area contributed by atoms with Crippen molar-refractivity contribution in [2.75, 3.05) is 6.54 Å². The number of ketones is 1. The maximum atomic E-state index is 12.7. The van der Waals surface area contributed by atoms with Gasteiger partial charge in [0.1, 0.15) is 0 Å². The molecule has 2 aliphatic rings. The van der Waals surface area contributed by atoms with E-state index in [1.807, 2.05) is 12.1 Å². The fourth-order valence-electron chi connectivity index (χ4n) is 2.92. The molecule has 2 saturated carbocycles. The monoisotopic (exact) mass is 271 g/mol. The van der Waals surface area contributed by atoms with E-state index in [9.17, 15) is 4.79 Å². The average Bonchev–Trinajstić information content (AvgIpc) is 3.36. The molecule has 0 amide bonds. The van der Waals surface area contributed by atoms with E-state index in [-0.39, 0.29) is 6.04 Å². The summed E-state index contributed by atoms with van der Waals surface area (Å²) in [6.45, 7) is 5.37. The number of aryl methyl sites for hydroxylation is 1. The van der Waals surface area contributed by atoms with Gasteiger partial charge in [-0.05, 0) is 50.5 Å². The molecule has 0 spiro atoms. The second kappa shape index (κ2) is 5.69. The molecule has 108 valence electrons. The summed E-state index contributed by atoms with van der Waals surface area (Å²) in [6.07, 6.45) is 6.29. The molecule has 20 heavy (non-hydrogen) atoms. The van der Waals surface area contributed by atoms with Gasteiger partial charge in [0.05, 0.1) is 6.04 Å². The Balaban J connectivity index is 1.69. The summed E-state index contributed by atoms with van der Waals surface area (Å²) >= 11 is 0. The van der Waals surface area contributed by atoms with Crippen LogP contribution in [0.1, 0.15) is 55.5 Å². The van der Waals surface area contributed by atoms with Crippen LogP contribution in [0.2, 0.25) is 0 Å². The first kappa shape index (κ1) is 13.8. The predicted molar refractivity (Wildman–Crippen MR) is 82.1 cm³/mol. The highest BCUT2D eigenvalue weighted by Crippen LogP contribution is 2.36. The number of hydrogen-bond acceptors (Lipinski definition) is 2. The molecular formula is C18H25NO. The van der Waals surface area contributed by atoms with Crippen molar-refractivity contribution in [3.05, 3.63) is 35.4 Å². The number of carbonyl (C=O) groups excluding carboxylic acids is 1. The zero-order valence-electron chi connectivity index (χ0n) is 12.6. The van der Waals surface area contributed by atoms with Gasteiger partial charge in [-0.1, -0.05) is 31.2 Å². The van der Waals surface area contributed by atoms with Crippen LogP contribution in [0.5, 0.6) is 0 Å². The molecule has 3 rings (SSSR count). The van der Waals surface area contributed by atoms with Crippen molar-refractivity contribution in [1.29, 1.82) is 0 Å². The lowest BCUT2D eigenvalue weighted by molar-refractivity contribution is 0.0819. The van der Waals surface area contributed by atoms with E-state index in [0.717, 1.165) is 24.4 Å². The Bertz CT molecular complexity index is 471. The predicted octanol–water partition coefficient (Wildman–Crippen LogP) is 3.69. The van der Waals surface area contributed by atoms with E-state index < -0.39 is 0 Å². The van der Waals surface area contributed by atoms with Crippen LogP contribution in [0.4, 0.5) is 0 Å². The first-order valence-corrected chi connectivity index (χ1v) is 8.08. The zero-order chi connectivity index (χ0) is 14.1. The minimum atomic E-state index is 0.0376. The molecule has 1 aromatic rings. The van der Waals surface area contributed by atoms with Crippen molar-refractivity contribution < 1.29 is 4.79 Å². The lowest BCUT2D eigenvalue weighted by atomic mass is 10.0. The SMILES string of the molecule is CCc1ccc(C(=O)C(C)N(CC2CC2)C2CC2)cc1. The molecule has 2 nitrogen and oxygen atoms in total. The summed E-state index contributed by atoms with van der Waals surface area (Å²) in [5, 5.41) is 0. The van der Waals surface area contributed by atoms with Gasteiger partial charge in [-0.2, -0.15) is 0 Å². The van der Waals surface area contributed by atoms with Crippen molar-refractivity contribution in [3.63, 3.8) is 0 Å². The summed E-state index contributed by atoms with van der Waals surface area (Å²) in [7, 11) is 0. The second-order valence-electron chi connectivity index (χ2n) is 6.46. The normalized spacial score (nSPS) is 20.1. The molecule has 0 N–H and O–H groups in total. The Morgan fingerprint density at radius 3 is 2.35 bits per heavy atom. The largest absolute Gasteiger partial charge is 0.292 e. The molecule has 1 atom stereocenters. The van der Waals surface area contributed by atoms with Gasteiger partial charge < -0.3 is 0 Å². The molecule has 2 heteroatoms. The zero-order valence-corrected chi connectivity index (χ0v) is 12.6. The van der Waals surface area contributed by atoms with Gasteiger partial charge in [0, 0.05) is 18.2 Å². The average molecular weight is 271 g/mol. The standard InChI is InChI=1S/C18H25NO/c1-3-14-6-8-16(9-7-14)18(20)13(2)19(17-10-11-17)12-15-4-5-15/h6-9,13,15,17H,3-5,10-12H2,1-2H3. The van der Waals surface area contributed by atoms with Crippen LogP contribution in [0.25, 0.3) is 0 Å². The van der Waals surface area contributed by atoms with Gasteiger partial charge in [0.2, 0.25) is 0 Å². The van der Waals surface area contributed by atoms with E-state index in [0.29, 0.717) is 11.8 Å². The summed E-state index contributed by atoms with van der Waals surface area (Å²) in [5.74, 6) is 1.15. The van der Waals surface area contributed by atoms with Crippen LogP contribution in [0.3, 0.4) is 0 Å². The van der Waals surface area contributed by atoms with Crippen molar-refractivity contribution >= 4 is 5.78 Å². The Kier molecular flexibility index (Phi) is 3.93. The Morgan fingerprint density at radius 2 is 1.85 bits per heavy atom. The molecule has 0 bridgehead atoms. The number of rotatable bonds is 7. The minimum Gasteiger partial charge on any atom is -0.292 e. The van der Waals surface area contributed by atoms with Gasteiger partial charge in [0.25, 0.3) is 0 Å². The first-order chi connectivity index (χ1) is 9.69. The molecule has 2 aliphatic carbocycles. The highest BCUT2D eigenvalue weighted by atomic mass is 16.1. The quantitative estimate of drug-likeness (QED) is 0.705. The highest BCUT2D eigenvalue weighted by Gasteiger charge is 2.38. The Hall–Kier alpha value is -1.15. The fourth-order valence-corrected chi connectivity index (χ4v) is 2.92. The van der Waals surface area contributed by atoms with Crippen molar-refractivity contribution in [2.24, 2.45) is 5.92 Å². The first-order valence-electron chi connectivity index (χ1n) is 8.08. The molecule has 0 aliphatic heterocycles. The Labute approximate surface area is 122 Å². The third kappa shape index (κ3) is 3.12. The number of hydrogen-bond donors (Lipinski definition) is 0. The van der Waals surface area contributed by atoms with Crippen molar-refractivity contribution in [1.82, 2.24) is 4.90 Å². The molecule has 2 fully saturated rings. The van der Waals surface area contributed by atoms with Crippen LogP contribution >= 0.6 is 0 Å². The van der Waals surface area contributed by atoms with Gasteiger partial charge in [0.15, 0.2) is 5.78 Å². The maximum Gasteiger partial charge on any atom is 0.179 e. The molecule has 0 saturated heterocycles. The maximum absolute atomic E-state index is 12.7. The van der Waals surface area contributed by atoms with Crippen LogP contribution < -0.4 is 0 Å². The topological polar surface area (TPSA) is 20.3 Å². The lowest BCUT2D eigenvalue weighted by Gasteiger charge is -2.28. The Morgan fingerprint density at radius 1 is 1.20 bits per heavy atom. The fraction of sp³-hybridized carbons (Fsp3) is 0.611. The molecule has 1 aromatic carbocycles. The molecule has 0 heterocycles. The van der Waals surface area contributed by atoms with Crippen LogP contribution in [0.15, 0.2) is 24.3 Å². The number of nitrogens with zero attached hydrogens (tertiary/aromatic N) is 1. The van der Waals surface area contributed by atoms with E-state index >= 15 is 0 Å². The van der Waals surface area contributed by atoms with E-state index in [4.69, 9.17) is 0 Å². The molecule has 1 unspecified atom stereocenters. The smallest absolute Gasteiger partial charge is 0.179 e. The summed E-state index contributed by atoms with van der Waals surface area (Å²) in [5.41, 5.74) is 2.17. The number of benzene rings is 1. The molecule has 0 radical (unpaired) electrons. The summed E-state index contributed by atoms with van der Waals surface area (Å²) < 4.78 is 0. The summed E-state index contributed by atoms with van der Waals surface area (Å²) in [4.78, 5) is 15.1. The van der Waals surface area contributed by atoms with Gasteiger partial charge >= 0.3 is 0 Å². The van der Waals surface area contributed by atoms with E-state index in [2.05, 4.69) is 30.9 Å². The molecular weight excluding hydrogens is 246 g/mol. The van der Waals surface area contributed by atoms with E-state index in [1.54, 1.807) is 0 Å². The third-order valence-corrected chi connectivity index (χ3v) is 4.71. The number of carbonyl (C=O) groups is 1. The number of Topliss-reactive ketones (excluding diaryl/α,β-unsaturated/α-hetero) is 1. The molecule has 0 aromatic heterocycles. The van der Waals surface area contributed by atoms with Crippen molar-refractivity contribution in [3.8, 4) is 0 Å². The van der Waals surface area contributed by atoms with Gasteiger partial charge in [-0.15, -0.1) is 0 Å². The van der Waals surface area contributed by atoms with Crippen molar-refractivity contribution in [2.45, 2.75) is 58.0 Å². The van der Waals surface area contributed by atoms with Crippen LogP contribution in [-0.2, 0) is 6.42 Å². The van der Waals surface area contributed by atoms with Gasteiger partial charge in [-0.3, -0.25) is 9.69 Å². The minimum absolute atomic E-state index is 0.0376. The third-order valence-electron chi connectivity index (χ3n) is 4.71. The second-order valence-corrected chi connectivity index (χ2v) is 6.46.